The molecule has 21 heavy (non-hydrogen) atoms. The molecule has 0 aromatic rings. The first-order valence-electron chi connectivity index (χ1n) is 8.47. The minimum Gasteiger partial charge on any atom is -0.342 e. The van der Waals surface area contributed by atoms with Crippen molar-refractivity contribution in [3.05, 3.63) is 0 Å². The summed E-state index contributed by atoms with van der Waals surface area (Å²) >= 11 is 0. The fourth-order valence-electron chi connectivity index (χ4n) is 3.77. The topological polar surface area (TPSA) is 49.4 Å². The van der Waals surface area contributed by atoms with Crippen molar-refractivity contribution < 1.29 is 9.59 Å². The van der Waals surface area contributed by atoms with Crippen LogP contribution in [-0.4, -0.2) is 34.8 Å². The fraction of sp³-hybridized carbons (Fsp3) is 0.882. The molecule has 2 atom stereocenters. The molecule has 3 aliphatic rings. The van der Waals surface area contributed by atoms with Gasteiger partial charge in [-0.3, -0.25) is 9.59 Å². The van der Waals surface area contributed by atoms with E-state index in [1.54, 1.807) is 0 Å². The van der Waals surface area contributed by atoms with Crippen molar-refractivity contribution in [2.45, 2.75) is 77.9 Å². The lowest BCUT2D eigenvalue weighted by Gasteiger charge is -2.47. The van der Waals surface area contributed by atoms with Gasteiger partial charge in [0, 0.05) is 6.04 Å². The van der Waals surface area contributed by atoms with Crippen LogP contribution in [-0.2, 0) is 9.59 Å². The van der Waals surface area contributed by atoms with Gasteiger partial charge in [0.25, 0.3) is 0 Å². The van der Waals surface area contributed by atoms with Crippen LogP contribution in [0.3, 0.4) is 0 Å². The van der Waals surface area contributed by atoms with Crippen LogP contribution in [0.1, 0.15) is 59.8 Å². The molecule has 2 aliphatic carbocycles. The third-order valence-corrected chi connectivity index (χ3v) is 5.21. The van der Waals surface area contributed by atoms with Gasteiger partial charge in [-0.25, -0.2) is 0 Å². The lowest BCUT2D eigenvalue weighted by atomic mass is 9.82. The van der Waals surface area contributed by atoms with Gasteiger partial charge in [0.15, 0.2) is 0 Å². The summed E-state index contributed by atoms with van der Waals surface area (Å²) in [5.41, 5.74) is -0.235. The summed E-state index contributed by atoms with van der Waals surface area (Å²) in [6.07, 6.45) is 5.61. The van der Waals surface area contributed by atoms with E-state index in [0.717, 1.165) is 0 Å². The minimum absolute atomic E-state index is 0.0447. The van der Waals surface area contributed by atoms with Gasteiger partial charge in [0.05, 0.1) is 0 Å². The lowest BCUT2D eigenvalue weighted by Crippen LogP contribution is -2.69. The molecule has 1 aliphatic heterocycles. The van der Waals surface area contributed by atoms with E-state index >= 15 is 0 Å². The summed E-state index contributed by atoms with van der Waals surface area (Å²) in [4.78, 5) is 27.6. The normalized spacial score (nSPS) is 30.8. The Labute approximate surface area is 127 Å². The zero-order valence-corrected chi connectivity index (χ0v) is 13.7. The Kier molecular flexibility index (Phi) is 3.53. The Morgan fingerprint density at radius 3 is 2.05 bits per heavy atom. The molecule has 3 fully saturated rings. The number of nitrogens with one attached hydrogen (secondary N) is 1. The molecule has 0 bridgehead atoms. The van der Waals surface area contributed by atoms with Crippen molar-refractivity contribution in [3.63, 3.8) is 0 Å². The van der Waals surface area contributed by atoms with Crippen LogP contribution in [0.15, 0.2) is 0 Å². The standard InChI is InChI=1S/C17H28N2O2/c1-5-12-15(20)18-14(17(2,3)4)16(21)19(12)13(10-6-7-10)11-8-9-11/h10-14H,5-9H2,1-4H3,(H,18,20). The maximum absolute atomic E-state index is 13.1. The van der Waals surface area contributed by atoms with Crippen molar-refractivity contribution in [2.75, 3.05) is 0 Å². The summed E-state index contributed by atoms with van der Waals surface area (Å²) in [7, 11) is 0. The Balaban J connectivity index is 1.92. The first kappa shape index (κ1) is 14.9. The van der Waals surface area contributed by atoms with Crippen molar-refractivity contribution >= 4 is 11.8 Å². The molecule has 0 radical (unpaired) electrons. The average molecular weight is 292 g/mol. The summed E-state index contributed by atoms with van der Waals surface area (Å²) < 4.78 is 0. The van der Waals surface area contributed by atoms with E-state index in [0.29, 0.717) is 24.3 Å². The van der Waals surface area contributed by atoms with Gasteiger partial charge in [0.2, 0.25) is 11.8 Å². The number of amides is 2. The quantitative estimate of drug-likeness (QED) is 0.864. The van der Waals surface area contributed by atoms with Crippen molar-refractivity contribution in [2.24, 2.45) is 17.3 Å². The first-order chi connectivity index (χ1) is 9.84. The second-order valence-corrected chi connectivity index (χ2v) is 8.14. The third kappa shape index (κ3) is 2.69. The number of piperazine rings is 1. The smallest absolute Gasteiger partial charge is 0.246 e. The zero-order chi connectivity index (χ0) is 15.4. The van der Waals surface area contributed by atoms with E-state index in [1.807, 2.05) is 32.6 Å². The highest BCUT2D eigenvalue weighted by atomic mass is 16.2. The summed E-state index contributed by atoms with van der Waals surface area (Å²) in [6, 6.07) is -0.326. The molecular weight excluding hydrogens is 264 g/mol. The second-order valence-electron chi connectivity index (χ2n) is 8.14. The highest BCUT2D eigenvalue weighted by molar-refractivity contribution is 5.97. The predicted octanol–water partition coefficient (Wildman–Crippen LogP) is 2.33. The van der Waals surface area contributed by atoms with E-state index < -0.39 is 0 Å². The van der Waals surface area contributed by atoms with Crippen LogP contribution in [0.2, 0.25) is 0 Å². The van der Waals surface area contributed by atoms with Crippen molar-refractivity contribution in [1.82, 2.24) is 10.2 Å². The van der Waals surface area contributed by atoms with Gasteiger partial charge in [-0.1, -0.05) is 27.7 Å². The predicted molar refractivity (Wildman–Crippen MR) is 81.5 cm³/mol. The molecular formula is C17H28N2O2. The fourth-order valence-corrected chi connectivity index (χ4v) is 3.77. The molecule has 1 saturated heterocycles. The first-order valence-corrected chi connectivity index (χ1v) is 8.47. The van der Waals surface area contributed by atoms with Gasteiger partial charge in [0.1, 0.15) is 12.1 Å². The molecule has 3 rings (SSSR count). The maximum Gasteiger partial charge on any atom is 0.246 e. The van der Waals surface area contributed by atoms with Gasteiger partial charge >= 0.3 is 0 Å². The number of carbonyl (C=O) groups is 2. The van der Waals surface area contributed by atoms with E-state index in [4.69, 9.17) is 0 Å². The van der Waals surface area contributed by atoms with Gasteiger partial charge in [-0.2, -0.15) is 0 Å². The molecule has 0 aromatic carbocycles. The number of rotatable bonds is 4. The molecule has 0 aromatic heterocycles. The highest BCUT2D eigenvalue weighted by Crippen LogP contribution is 2.48. The number of hydrogen-bond acceptors (Lipinski definition) is 2. The Bertz CT molecular complexity index is 434. The largest absolute Gasteiger partial charge is 0.342 e. The van der Waals surface area contributed by atoms with Gasteiger partial charge in [-0.15, -0.1) is 0 Å². The van der Waals surface area contributed by atoms with Crippen LogP contribution in [0.5, 0.6) is 0 Å². The molecule has 2 unspecified atom stereocenters. The molecule has 2 amide bonds. The van der Waals surface area contributed by atoms with E-state index in [1.165, 1.54) is 25.7 Å². The summed E-state index contributed by atoms with van der Waals surface area (Å²) in [6.45, 7) is 8.11. The summed E-state index contributed by atoms with van der Waals surface area (Å²) in [5.74, 6) is 1.48. The Hall–Kier alpha value is -1.06. The minimum atomic E-state index is -0.382. The third-order valence-electron chi connectivity index (χ3n) is 5.21. The zero-order valence-electron chi connectivity index (χ0n) is 13.7. The molecule has 1 heterocycles. The maximum atomic E-state index is 13.1. The van der Waals surface area contributed by atoms with E-state index in [9.17, 15) is 9.59 Å². The van der Waals surface area contributed by atoms with Crippen LogP contribution in [0, 0.1) is 17.3 Å². The number of carbonyl (C=O) groups excluding carboxylic acids is 2. The molecule has 118 valence electrons. The second kappa shape index (κ2) is 4.99. The van der Waals surface area contributed by atoms with Crippen LogP contribution < -0.4 is 5.32 Å². The van der Waals surface area contributed by atoms with Crippen molar-refractivity contribution in [1.29, 1.82) is 0 Å². The molecule has 0 spiro atoms. The van der Waals surface area contributed by atoms with Crippen LogP contribution in [0.4, 0.5) is 0 Å². The number of nitrogens with zero attached hydrogens (tertiary/aromatic N) is 1. The van der Waals surface area contributed by atoms with Gasteiger partial charge in [-0.05, 0) is 49.4 Å². The molecule has 1 N–H and O–H groups in total. The average Bonchev–Trinajstić information content (AvgIpc) is 3.24. The van der Waals surface area contributed by atoms with Crippen LogP contribution in [0.25, 0.3) is 0 Å². The SMILES string of the molecule is CCC1C(=O)NC(C(C)(C)C)C(=O)N1C(C1CC1)C1CC1. The Morgan fingerprint density at radius 1 is 1.14 bits per heavy atom. The lowest BCUT2D eigenvalue weighted by molar-refractivity contribution is -0.156. The van der Waals surface area contributed by atoms with Crippen LogP contribution >= 0.6 is 0 Å². The van der Waals surface area contributed by atoms with Gasteiger partial charge < -0.3 is 10.2 Å². The molecule has 4 heteroatoms. The van der Waals surface area contributed by atoms with E-state index in [2.05, 4.69) is 5.32 Å². The molecule has 2 saturated carbocycles. The number of hydrogen-bond donors (Lipinski definition) is 1. The van der Waals surface area contributed by atoms with Crippen molar-refractivity contribution in [3.8, 4) is 0 Å². The monoisotopic (exact) mass is 292 g/mol. The molecule has 4 nitrogen and oxygen atoms in total. The van der Waals surface area contributed by atoms with E-state index in [-0.39, 0.29) is 29.3 Å². The Morgan fingerprint density at radius 2 is 1.67 bits per heavy atom. The highest BCUT2D eigenvalue weighted by Gasteiger charge is 2.53. The summed E-state index contributed by atoms with van der Waals surface area (Å²) in [5, 5.41) is 2.98.